The van der Waals surface area contributed by atoms with Gasteiger partial charge in [-0.1, -0.05) is 104 Å². The molecule has 1 fully saturated rings. The van der Waals surface area contributed by atoms with Crippen molar-refractivity contribution in [2.24, 2.45) is 23.7 Å². The maximum absolute atomic E-state index is 15.1. The zero-order chi connectivity index (χ0) is 64.0. The first kappa shape index (κ1) is 69.1. The summed E-state index contributed by atoms with van der Waals surface area (Å²) in [6, 6.07) is 11.7. The number of amides is 4. The number of benzene rings is 2. The van der Waals surface area contributed by atoms with Crippen molar-refractivity contribution < 1.29 is 66.1 Å². The van der Waals surface area contributed by atoms with Crippen molar-refractivity contribution in [3.05, 3.63) is 129 Å². The summed E-state index contributed by atoms with van der Waals surface area (Å²) in [7, 11) is 5.47. The second kappa shape index (κ2) is 31.1. The monoisotopic (exact) mass is 1190 g/mol. The number of aryl methyl sites for hydroxylation is 2. The highest BCUT2D eigenvalue weighted by Crippen LogP contribution is 2.26. The number of hydrogen-bond donors (Lipinski definition) is 0. The van der Waals surface area contributed by atoms with Crippen molar-refractivity contribution >= 4 is 47.5 Å². The van der Waals surface area contributed by atoms with E-state index in [0.29, 0.717) is 35.1 Å². The lowest BCUT2D eigenvalue weighted by Crippen LogP contribution is -2.55. The topological polar surface area (TPSA) is 212 Å². The molecule has 0 aliphatic carbocycles. The van der Waals surface area contributed by atoms with Crippen molar-refractivity contribution in [3.8, 4) is 0 Å². The number of cyclic esters (lactones) is 4. The average molecular weight is 1200 g/mol. The summed E-state index contributed by atoms with van der Waals surface area (Å²) in [6.45, 7) is 20.9. The second-order valence-electron chi connectivity index (χ2n) is 24.6. The standard InChI is InChI=1S/C66H88F2N6O12/c1-37(2)25-51-63(79)83-43(11)59(75)71(13)54(28-40(7)8)66(82)86-56(34-48-23-19-46(20-24-48)32-50-36-70-58(68)30-42(50)10)62(78)74(16)52(26-38(3)4)64(80)84-44(12)60(76)72(14)53(27-39(5)6)65(81)85-55(61(77)73(51)15)33-47-21-17-45(18-22-47)31-49-35-69-57(67)29-41(49)9/h17-24,29-30,35-40,43-44,51-56H,25-28,31-34H2,1-16H3/t43-,44-,51+,52+,53+,54+,55-,56-/m1/s1. The van der Waals surface area contributed by atoms with Gasteiger partial charge in [-0.25, -0.2) is 29.1 Å². The summed E-state index contributed by atoms with van der Waals surface area (Å²) in [5, 5.41) is 0. The molecule has 86 heavy (non-hydrogen) atoms. The normalized spacial score (nSPS) is 22.4. The maximum atomic E-state index is 15.1. The van der Waals surface area contributed by atoms with Crippen LogP contribution in [0.15, 0.2) is 73.1 Å². The Morgan fingerprint density at radius 2 is 0.674 bits per heavy atom. The van der Waals surface area contributed by atoms with E-state index < -0.39 is 108 Å². The Labute approximate surface area is 505 Å². The Morgan fingerprint density at radius 3 is 0.942 bits per heavy atom. The Balaban J connectivity index is 1.59. The minimum atomic E-state index is -1.58. The van der Waals surface area contributed by atoms with Gasteiger partial charge < -0.3 is 38.5 Å². The van der Waals surface area contributed by atoms with E-state index in [4.69, 9.17) is 18.9 Å². The molecule has 1 saturated heterocycles. The smallest absolute Gasteiger partial charge is 0.329 e. The van der Waals surface area contributed by atoms with Crippen LogP contribution in [0.5, 0.6) is 0 Å². The molecule has 2 aromatic carbocycles. The van der Waals surface area contributed by atoms with E-state index >= 15 is 9.59 Å². The fourth-order valence-electron chi connectivity index (χ4n) is 10.4. The Hall–Kier alpha value is -7.64. The molecule has 0 saturated carbocycles. The number of esters is 4. The van der Waals surface area contributed by atoms with Gasteiger partial charge in [-0.2, -0.15) is 8.78 Å². The molecule has 0 bridgehead atoms. The molecule has 0 unspecified atom stereocenters. The van der Waals surface area contributed by atoms with Crippen molar-refractivity contribution in [3.63, 3.8) is 0 Å². The summed E-state index contributed by atoms with van der Waals surface area (Å²) < 4.78 is 51.9. The zero-order valence-corrected chi connectivity index (χ0v) is 52.9. The van der Waals surface area contributed by atoms with Gasteiger partial charge in [0.25, 0.3) is 23.6 Å². The van der Waals surface area contributed by atoms with Gasteiger partial charge in [0.15, 0.2) is 24.4 Å². The Morgan fingerprint density at radius 1 is 0.419 bits per heavy atom. The molecule has 1 aliphatic heterocycles. The number of ether oxygens (including phenoxy) is 4. The van der Waals surface area contributed by atoms with Crippen molar-refractivity contribution in [1.29, 1.82) is 0 Å². The van der Waals surface area contributed by atoms with Crippen LogP contribution >= 0.6 is 0 Å². The summed E-state index contributed by atoms with van der Waals surface area (Å²) >= 11 is 0. The SMILES string of the molecule is Cc1cc(F)ncc1Cc1ccc(C[C@H]2OC(=O)[C@H](CC(C)C)N(C)C(=O)[C@@H](C)OC(=O)[C@H](CC(C)C)N(C)C(=O)[C@@H](Cc3ccc(Cc4cnc(F)cc4C)cc3)OC(=O)[C@H](CC(C)C)N(C)C(=O)[C@@H](C)OC(=O)[C@H](CC(C)C)N(C)C2=O)cc1. The first-order valence-corrected chi connectivity index (χ1v) is 29.6. The second-order valence-corrected chi connectivity index (χ2v) is 24.6. The average Bonchev–Trinajstić information content (AvgIpc) is 2.62. The largest absolute Gasteiger partial charge is 0.451 e. The number of hydrogen-bond acceptors (Lipinski definition) is 14. The summed E-state index contributed by atoms with van der Waals surface area (Å²) in [6.07, 6.45) is -2.60. The number of rotatable bonds is 16. The van der Waals surface area contributed by atoms with Crippen LogP contribution in [0.25, 0.3) is 0 Å². The molecular weight excluding hydrogens is 1110 g/mol. The van der Waals surface area contributed by atoms with Crippen LogP contribution in [-0.2, 0) is 83.0 Å². The van der Waals surface area contributed by atoms with Crippen LogP contribution in [0.3, 0.4) is 0 Å². The molecule has 3 heterocycles. The lowest BCUT2D eigenvalue weighted by atomic mass is 9.98. The molecule has 468 valence electrons. The Kier molecular flexibility index (Phi) is 25.0. The molecule has 0 radical (unpaired) electrons. The molecular formula is C66H88F2N6O12. The van der Waals surface area contributed by atoms with Crippen molar-refractivity contribution in [2.75, 3.05) is 28.2 Å². The Bertz CT molecular complexity index is 2810. The third-order valence-electron chi connectivity index (χ3n) is 15.5. The number of carbonyl (C=O) groups is 8. The highest BCUT2D eigenvalue weighted by atomic mass is 19.1. The number of carbonyl (C=O) groups excluding carboxylic acids is 8. The van der Waals surface area contributed by atoms with E-state index in [0.717, 1.165) is 41.9 Å². The van der Waals surface area contributed by atoms with Gasteiger partial charge in [0.2, 0.25) is 11.9 Å². The molecule has 1 aliphatic rings. The first-order chi connectivity index (χ1) is 40.3. The molecule has 0 spiro atoms. The predicted octanol–water partition coefficient (Wildman–Crippen LogP) is 8.53. The predicted molar refractivity (Wildman–Crippen MR) is 319 cm³/mol. The summed E-state index contributed by atoms with van der Waals surface area (Å²) in [5.74, 6) is -9.04. The lowest BCUT2D eigenvalue weighted by molar-refractivity contribution is -0.176. The van der Waals surface area contributed by atoms with E-state index in [2.05, 4.69) is 9.97 Å². The fourth-order valence-corrected chi connectivity index (χ4v) is 10.4. The fraction of sp³-hybridized carbons (Fsp3) is 0.545. The molecule has 20 heteroatoms. The van der Waals surface area contributed by atoms with Crippen LogP contribution in [0.2, 0.25) is 0 Å². The number of aromatic nitrogens is 2. The van der Waals surface area contributed by atoms with Crippen LogP contribution in [0.4, 0.5) is 8.78 Å². The summed E-state index contributed by atoms with van der Waals surface area (Å²) in [5.41, 5.74) is 5.85. The van der Waals surface area contributed by atoms with E-state index in [1.54, 1.807) is 38.1 Å². The molecule has 0 N–H and O–H groups in total. The van der Waals surface area contributed by atoms with Gasteiger partial charge >= 0.3 is 23.9 Å². The summed E-state index contributed by atoms with van der Waals surface area (Å²) in [4.78, 5) is 130. The molecule has 2 aromatic heterocycles. The van der Waals surface area contributed by atoms with E-state index in [9.17, 15) is 37.5 Å². The third kappa shape index (κ3) is 19.2. The minimum absolute atomic E-state index is 0.0486. The number of halogens is 2. The molecule has 4 amide bonds. The first-order valence-electron chi connectivity index (χ1n) is 29.6. The van der Waals surface area contributed by atoms with Gasteiger partial charge in [0, 0.05) is 53.4 Å². The van der Waals surface area contributed by atoms with Gasteiger partial charge in [0.05, 0.1) is 0 Å². The quantitative estimate of drug-likeness (QED) is 0.0585. The number of nitrogens with zero attached hydrogens (tertiary/aromatic N) is 6. The van der Waals surface area contributed by atoms with Crippen LogP contribution in [0, 0.1) is 49.4 Å². The highest BCUT2D eigenvalue weighted by molar-refractivity contribution is 5.94. The molecule has 4 aromatic rings. The lowest BCUT2D eigenvalue weighted by Gasteiger charge is -2.35. The van der Waals surface area contributed by atoms with Gasteiger partial charge in [0.1, 0.15) is 24.2 Å². The molecule has 8 atom stereocenters. The minimum Gasteiger partial charge on any atom is -0.451 e. The highest BCUT2D eigenvalue weighted by Gasteiger charge is 2.43. The molecule has 18 nitrogen and oxygen atoms in total. The van der Waals surface area contributed by atoms with Gasteiger partial charge in [-0.05, 0) is 147 Å². The van der Waals surface area contributed by atoms with Crippen LogP contribution in [0.1, 0.15) is 139 Å². The van der Waals surface area contributed by atoms with Crippen molar-refractivity contribution in [2.45, 2.75) is 183 Å². The van der Waals surface area contributed by atoms with E-state index in [1.807, 2.05) is 79.7 Å². The third-order valence-corrected chi connectivity index (χ3v) is 15.5. The van der Waals surface area contributed by atoms with Crippen molar-refractivity contribution in [1.82, 2.24) is 29.6 Å². The maximum Gasteiger partial charge on any atom is 0.329 e. The van der Waals surface area contributed by atoms with E-state index in [1.165, 1.54) is 66.6 Å². The van der Waals surface area contributed by atoms with E-state index in [-0.39, 0.29) is 62.2 Å². The van der Waals surface area contributed by atoms with Gasteiger partial charge in [-0.3, -0.25) is 19.2 Å². The van der Waals surface area contributed by atoms with Crippen LogP contribution < -0.4 is 0 Å². The number of likely N-dealkylation sites (N-methyl/N-ethyl adjacent to an activating group) is 4. The zero-order valence-electron chi connectivity index (χ0n) is 52.9. The molecule has 5 rings (SSSR count). The number of pyridine rings is 2. The van der Waals surface area contributed by atoms with Crippen LogP contribution in [-0.4, -0.2) is 154 Å². The van der Waals surface area contributed by atoms with Gasteiger partial charge in [-0.15, -0.1) is 0 Å².